The normalized spacial score (nSPS) is 11.5. The summed E-state index contributed by atoms with van der Waals surface area (Å²) < 4.78 is 0. The van der Waals surface area contributed by atoms with Crippen LogP contribution >= 0.6 is 0 Å². The van der Waals surface area contributed by atoms with E-state index in [0.29, 0.717) is 6.42 Å². The summed E-state index contributed by atoms with van der Waals surface area (Å²) in [6, 6.07) is 0. The SMILES string of the molecule is CCCC(=O)O.CCCCCC(O)CC. The van der Waals surface area contributed by atoms with Gasteiger partial charge >= 0.3 is 5.97 Å². The zero-order valence-electron chi connectivity index (χ0n) is 10.3. The topological polar surface area (TPSA) is 57.5 Å². The van der Waals surface area contributed by atoms with Crippen molar-refractivity contribution in [3.8, 4) is 0 Å². The van der Waals surface area contributed by atoms with Crippen LogP contribution in [0, 0.1) is 0 Å². The van der Waals surface area contributed by atoms with Gasteiger partial charge in [-0.3, -0.25) is 4.79 Å². The van der Waals surface area contributed by atoms with E-state index in [2.05, 4.69) is 6.92 Å². The lowest BCUT2D eigenvalue weighted by Crippen LogP contribution is -2.02. The fraction of sp³-hybridized carbons (Fsp3) is 0.917. The third-order valence-corrected chi connectivity index (χ3v) is 2.08. The van der Waals surface area contributed by atoms with Crippen molar-refractivity contribution in [2.24, 2.45) is 0 Å². The van der Waals surface area contributed by atoms with Crippen LogP contribution in [0.2, 0.25) is 0 Å². The van der Waals surface area contributed by atoms with Crippen molar-refractivity contribution < 1.29 is 15.0 Å². The molecule has 3 nitrogen and oxygen atoms in total. The Morgan fingerprint density at radius 1 is 1.13 bits per heavy atom. The first-order chi connectivity index (χ1) is 7.08. The summed E-state index contributed by atoms with van der Waals surface area (Å²) in [6.07, 6.45) is 6.57. The van der Waals surface area contributed by atoms with Gasteiger partial charge in [-0.15, -0.1) is 0 Å². The molecule has 0 aromatic rings. The Balaban J connectivity index is 0. The summed E-state index contributed by atoms with van der Waals surface area (Å²) in [6.45, 7) is 6.04. The molecule has 0 aliphatic rings. The van der Waals surface area contributed by atoms with Gasteiger partial charge in [0.15, 0.2) is 0 Å². The summed E-state index contributed by atoms with van der Waals surface area (Å²) >= 11 is 0. The van der Waals surface area contributed by atoms with Gasteiger partial charge in [0.1, 0.15) is 0 Å². The predicted molar refractivity (Wildman–Crippen MR) is 63.0 cm³/mol. The number of hydrogen-bond acceptors (Lipinski definition) is 2. The average molecular weight is 218 g/mol. The molecule has 0 bridgehead atoms. The van der Waals surface area contributed by atoms with Crippen LogP contribution in [0.25, 0.3) is 0 Å². The number of unbranched alkanes of at least 4 members (excludes halogenated alkanes) is 2. The van der Waals surface area contributed by atoms with Crippen LogP contribution < -0.4 is 0 Å². The molecule has 0 aromatic carbocycles. The Hall–Kier alpha value is -0.570. The minimum Gasteiger partial charge on any atom is -0.481 e. The average Bonchev–Trinajstić information content (AvgIpc) is 2.18. The van der Waals surface area contributed by atoms with E-state index < -0.39 is 5.97 Å². The number of carbonyl (C=O) groups is 1. The summed E-state index contributed by atoms with van der Waals surface area (Å²) in [5, 5.41) is 17.0. The maximum absolute atomic E-state index is 9.60. The van der Waals surface area contributed by atoms with Crippen LogP contribution in [-0.4, -0.2) is 22.3 Å². The van der Waals surface area contributed by atoms with E-state index >= 15 is 0 Å². The smallest absolute Gasteiger partial charge is 0.303 e. The largest absolute Gasteiger partial charge is 0.481 e. The van der Waals surface area contributed by atoms with Crippen molar-refractivity contribution in [3.63, 3.8) is 0 Å². The number of aliphatic hydroxyl groups is 1. The first-order valence-electron chi connectivity index (χ1n) is 5.98. The van der Waals surface area contributed by atoms with Gasteiger partial charge in [0.05, 0.1) is 6.10 Å². The third kappa shape index (κ3) is 19.7. The molecule has 0 radical (unpaired) electrons. The van der Waals surface area contributed by atoms with Crippen LogP contribution in [0.4, 0.5) is 0 Å². The first-order valence-corrected chi connectivity index (χ1v) is 5.98. The maximum atomic E-state index is 9.60. The minimum atomic E-state index is -0.711. The fourth-order valence-electron chi connectivity index (χ4n) is 1.05. The Morgan fingerprint density at radius 3 is 2.00 bits per heavy atom. The molecule has 3 heteroatoms. The lowest BCUT2D eigenvalue weighted by molar-refractivity contribution is -0.137. The summed E-state index contributed by atoms with van der Waals surface area (Å²) in [4.78, 5) is 9.60. The van der Waals surface area contributed by atoms with Crippen molar-refractivity contribution >= 4 is 5.97 Å². The first kappa shape index (κ1) is 16.8. The van der Waals surface area contributed by atoms with Gasteiger partial charge in [0, 0.05) is 6.42 Å². The Morgan fingerprint density at radius 2 is 1.73 bits per heavy atom. The second-order valence-corrected chi connectivity index (χ2v) is 3.70. The molecule has 0 aliphatic carbocycles. The van der Waals surface area contributed by atoms with E-state index in [9.17, 15) is 4.79 Å². The molecule has 0 amide bonds. The Labute approximate surface area is 93.5 Å². The van der Waals surface area contributed by atoms with Crippen LogP contribution in [0.3, 0.4) is 0 Å². The lowest BCUT2D eigenvalue weighted by Gasteiger charge is -2.04. The van der Waals surface area contributed by atoms with Crippen molar-refractivity contribution in [2.45, 2.75) is 71.8 Å². The lowest BCUT2D eigenvalue weighted by atomic mass is 10.1. The fourth-order valence-corrected chi connectivity index (χ4v) is 1.05. The number of hydrogen-bond donors (Lipinski definition) is 2. The van der Waals surface area contributed by atoms with Gasteiger partial charge in [-0.25, -0.2) is 0 Å². The van der Waals surface area contributed by atoms with Gasteiger partial charge in [-0.1, -0.05) is 40.0 Å². The van der Waals surface area contributed by atoms with Crippen molar-refractivity contribution in [1.82, 2.24) is 0 Å². The number of carboxylic acids is 1. The molecule has 1 atom stereocenters. The molecule has 0 spiro atoms. The monoisotopic (exact) mass is 218 g/mol. The molecule has 0 aromatic heterocycles. The highest BCUT2D eigenvalue weighted by Crippen LogP contribution is 2.04. The van der Waals surface area contributed by atoms with E-state index in [-0.39, 0.29) is 6.10 Å². The molecule has 0 rings (SSSR count). The molecule has 0 heterocycles. The molecular weight excluding hydrogens is 192 g/mol. The third-order valence-electron chi connectivity index (χ3n) is 2.08. The minimum absolute atomic E-state index is 0.0449. The van der Waals surface area contributed by atoms with Crippen LogP contribution in [-0.2, 0) is 4.79 Å². The van der Waals surface area contributed by atoms with Crippen molar-refractivity contribution in [1.29, 1.82) is 0 Å². The van der Waals surface area contributed by atoms with E-state index in [0.717, 1.165) is 19.3 Å². The van der Waals surface area contributed by atoms with Gasteiger partial charge in [-0.2, -0.15) is 0 Å². The van der Waals surface area contributed by atoms with Crippen molar-refractivity contribution in [3.05, 3.63) is 0 Å². The summed E-state index contributed by atoms with van der Waals surface area (Å²) in [5.74, 6) is -0.711. The van der Waals surface area contributed by atoms with Crippen molar-refractivity contribution in [2.75, 3.05) is 0 Å². The zero-order valence-corrected chi connectivity index (χ0v) is 10.3. The number of rotatable bonds is 7. The van der Waals surface area contributed by atoms with E-state index in [1.807, 2.05) is 13.8 Å². The molecule has 1 unspecified atom stereocenters. The van der Waals surface area contributed by atoms with E-state index in [4.69, 9.17) is 10.2 Å². The molecule has 2 N–H and O–H groups in total. The van der Waals surface area contributed by atoms with Gasteiger partial charge in [0.25, 0.3) is 0 Å². The van der Waals surface area contributed by atoms with Gasteiger partial charge in [-0.05, 0) is 19.3 Å². The molecule has 0 fully saturated rings. The number of aliphatic carboxylic acids is 1. The summed E-state index contributed by atoms with van der Waals surface area (Å²) in [5.41, 5.74) is 0. The molecule has 15 heavy (non-hydrogen) atoms. The van der Waals surface area contributed by atoms with Crippen LogP contribution in [0.5, 0.6) is 0 Å². The number of carboxylic acid groups (broad SMARTS) is 1. The highest BCUT2D eigenvalue weighted by molar-refractivity contribution is 5.66. The standard InChI is InChI=1S/C8H18O.C4H8O2/c1-3-5-6-7-8(9)4-2;1-2-3-4(5)6/h8-9H,3-7H2,1-2H3;2-3H2,1H3,(H,5,6). The van der Waals surface area contributed by atoms with E-state index in [1.54, 1.807) is 0 Å². The highest BCUT2D eigenvalue weighted by atomic mass is 16.4. The zero-order chi connectivity index (χ0) is 12.1. The maximum Gasteiger partial charge on any atom is 0.303 e. The second kappa shape index (κ2) is 13.4. The Bertz CT molecular complexity index is 135. The second-order valence-electron chi connectivity index (χ2n) is 3.70. The summed E-state index contributed by atoms with van der Waals surface area (Å²) in [7, 11) is 0. The van der Waals surface area contributed by atoms with Crippen LogP contribution in [0.15, 0.2) is 0 Å². The molecule has 0 saturated carbocycles. The van der Waals surface area contributed by atoms with Crippen LogP contribution in [0.1, 0.15) is 65.7 Å². The highest BCUT2D eigenvalue weighted by Gasteiger charge is 1.97. The molecule has 0 saturated heterocycles. The van der Waals surface area contributed by atoms with Gasteiger partial charge in [0.2, 0.25) is 0 Å². The molecule has 0 aliphatic heterocycles. The molecular formula is C12H26O3. The Kier molecular flexibility index (Phi) is 15.1. The van der Waals surface area contributed by atoms with Gasteiger partial charge < -0.3 is 10.2 Å². The van der Waals surface area contributed by atoms with E-state index in [1.165, 1.54) is 19.3 Å². The quantitative estimate of drug-likeness (QED) is 0.645. The molecule has 92 valence electrons. The predicted octanol–water partition coefficient (Wildman–Crippen LogP) is 3.21. The number of aliphatic hydroxyl groups excluding tert-OH is 1.